The Hall–Kier alpha value is -1.07. The first-order valence-electron chi connectivity index (χ1n) is 6.83. The normalized spacial score (nSPS) is 11.3. The Morgan fingerprint density at radius 1 is 1.24 bits per heavy atom. The summed E-state index contributed by atoms with van der Waals surface area (Å²) < 4.78 is 2.00. The van der Waals surface area contributed by atoms with Crippen molar-refractivity contribution < 1.29 is 5.11 Å². The van der Waals surface area contributed by atoms with Gasteiger partial charge in [-0.2, -0.15) is 0 Å². The molecule has 0 bridgehead atoms. The predicted molar refractivity (Wildman–Crippen MR) is 85.5 cm³/mol. The monoisotopic (exact) mass is 327 g/mol. The van der Waals surface area contributed by atoms with E-state index in [0.717, 1.165) is 37.4 Å². The number of aromatic nitrogens is 2. The van der Waals surface area contributed by atoms with Crippen LogP contribution in [0.25, 0.3) is 0 Å². The molecule has 6 heteroatoms. The van der Waals surface area contributed by atoms with E-state index in [1.165, 1.54) is 0 Å². The molecule has 114 valence electrons. The molecule has 0 spiro atoms. The summed E-state index contributed by atoms with van der Waals surface area (Å²) in [5.41, 5.74) is 1.09. The van der Waals surface area contributed by atoms with E-state index in [9.17, 15) is 0 Å². The molecule has 0 saturated heterocycles. The maximum atomic E-state index is 9.06. The van der Waals surface area contributed by atoms with Crippen molar-refractivity contribution in [2.75, 3.05) is 13.2 Å². The summed E-state index contributed by atoms with van der Waals surface area (Å²) >= 11 is 12.0. The molecule has 0 amide bonds. The van der Waals surface area contributed by atoms with Gasteiger partial charge in [0.05, 0.1) is 16.6 Å². The third kappa shape index (κ3) is 4.71. The van der Waals surface area contributed by atoms with E-state index in [1.807, 2.05) is 36.0 Å². The van der Waals surface area contributed by atoms with E-state index >= 15 is 0 Å². The number of hydrogen-bond donors (Lipinski definition) is 1. The Labute approximate surface area is 134 Å². The Bertz CT molecular complexity index is 586. The van der Waals surface area contributed by atoms with Crippen LogP contribution in [0.2, 0.25) is 10.0 Å². The van der Waals surface area contributed by atoms with Crippen LogP contribution in [-0.4, -0.2) is 32.7 Å². The molecule has 0 aliphatic rings. The van der Waals surface area contributed by atoms with Crippen molar-refractivity contribution in [3.8, 4) is 0 Å². The number of nitrogens with zero attached hydrogens (tertiary/aromatic N) is 3. The molecule has 2 rings (SSSR count). The number of hydrogen-bond acceptors (Lipinski definition) is 3. The molecule has 1 aromatic heterocycles. The molecular weight excluding hydrogens is 309 g/mol. The topological polar surface area (TPSA) is 41.3 Å². The molecule has 1 aromatic carbocycles. The molecule has 0 aliphatic carbocycles. The fourth-order valence-corrected chi connectivity index (χ4v) is 2.47. The van der Waals surface area contributed by atoms with Crippen molar-refractivity contribution in [1.29, 1.82) is 0 Å². The van der Waals surface area contributed by atoms with E-state index in [2.05, 4.69) is 9.88 Å². The average molecular weight is 328 g/mol. The lowest BCUT2D eigenvalue weighted by atomic mass is 10.2. The molecule has 4 nitrogen and oxygen atoms in total. The van der Waals surface area contributed by atoms with E-state index in [1.54, 1.807) is 6.20 Å². The number of rotatable bonds is 7. The Balaban J connectivity index is 2.08. The van der Waals surface area contributed by atoms with Gasteiger partial charge in [0.1, 0.15) is 5.82 Å². The standard InChI is InChI=1S/C15H19Cl2N3O/c1-19-7-5-18-15(19)11-20(6-2-8-21)10-12-3-4-13(16)14(17)9-12/h3-5,7,9,21H,2,6,8,10-11H2,1H3. The van der Waals surface area contributed by atoms with Crippen LogP contribution in [0.5, 0.6) is 0 Å². The summed E-state index contributed by atoms with van der Waals surface area (Å²) in [4.78, 5) is 6.58. The second-order valence-corrected chi connectivity index (χ2v) is 5.81. The van der Waals surface area contributed by atoms with Gasteiger partial charge in [-0.05, 0) is 24.1 Å². The maximum Gasteiger partial charge on any atom is 0.122 e. The second kappa shape index (κ2) is 7.80. The smallest absolute Gasteiger partial charge is 0.122 e. The summed E-state index contributed by atoms with van der Waals surface area (Å²) in [6.07, 6.45) is 4.45. The molecule has 0 aliphatic heterocycles. The fraction of sp³-hybridized carbons (Fsp3) is 0.400. The van der Waals surface area contributed by atoms with Crippen molar-refractivity contribution in [2.24, 2.45) is 7.05 Å². The zero-order valence-electron chi connectivity index (χ0n) is 12.0. The molecule has 0 saturated carbocycles. The Morgan fingerprint density at radius 3 is 2.67 bits per heavy atom. The first kappa shape index (κ1) is 16.3. The summed E-state index contributed by atoms with van der Waals surface area (Å²) in [6.45, 7) is 2.44. The number of imidazole rings is 1. The number of halogens is 2. The highest BCUT2D eigenvalue weighted by atomic mass is 35.5. The van der Waals surface area contributed by atoms with Crippen molar-refractivity contribution >= 4 is 23.2 Å². The number of benzene rings is 1. The van der Waals surface area contributed by atoms with Gasteiger partial charge in [0.25, 0.3) is 0 Å². The molecule has 0 radical (unpaired) electrons. The molecule has 2 aromatic rings. The highest BCUT2D eigenvalue weighted by Crippen LogP contribution is 2.23. The summed E-state index contributed by atoms with van der Waals surface area (Å²) in [5, 5.41) is 10.2. The van der Waals surface area contributed by atoms with Gasteiger partial charge in [-0.25, -0.2) is 4.98 Å². The van der Waals surface area contributed by atoms with Gasteiger partial charge in [-0.3, -0.25) is 4.90 Å². The summed E-state index contributed by atoms with van der Waals surface area (Å²) in [5.74, 6) is 0.994. The van der Waals surface area contributed by atoms with E-state index in [-0.39, 0.29) is 6.61 Å². The molecule has 21 heavy (non-hydrogen) atoms. The van der Waals surface area contributed by atoms with Crippen molar-refractivity contribution in [3.63, 3.8) is 0 Å². The number of aliphatic hydroxyl groups is 1. The average Bonchev–Trinajstić information content (AvgIpc) is 2.85. The van der Waals surface area contributed by atoms with Gasteiger partial charge < -0.3 is 9.67 Å². The largest absolute Gasteiger partial charge is 0.396 e. The summed E-state index contributed by atoms with van der Waals surface area (Å²) in [6, 6.07) is 5.66. The van der Waals surface area contributed by atoms with Gasteiger partial charge in [-0.15, -0.1) is 0 Å². The van der Waals surface area contributed by atoms with Gasteiger partial charge in [0, 0.05) is 39.1 Å². The van der Waals surface area contributed by atoms with Gasteiger partial charge in [-0.1, -0.05) is 29.3 Å². The molecule has 0 atom stereocenters. The quantitative estimate of drug-likeness (QED) is 0.849. The first-order chi connectivity index (χ1) is 10.1. The van der Waals surface area contributed by atoms with Crippen LogP contribution in [0.4, 0.5) is 0 Å². The minimum Gasteiger partial charge on any atom is -0.396 e. The number of aliphatic hydroxyl groups excluding tert-OH is 1. The van der Waals surface area contributed by atoms with Gasteiger partial charge in [0.15, 0.2) is 0 Å². The molecule has 0 unspecified atom stereocenters. The van der Waals surface area contributed by atoms with Gasteiger partial charge >= 0.3 is 0 Å². The highest BCUT2D eigenvalue weighted by molar-refractivity contribution is 6.42. The van der Waals surface area contributed by atoms with Crippen LogP contribution in [0.15, 0.2) is 30.6 Å². The van der Waals surface area contributed by atoms with Gasteiger partial charge in [0.2, 0.25) is 0 Å². The SMILES string of the molecule is Cn1ccnc1CN(CCCO)Cc1ccc(Cl)c(Cl)c1. The maximum absolute atomic E-state index is 9.06. The fourth-order valence-electron chi connectivity index (χ4n) is 2.15. The van der Waals surface area contributed by atoms with Crippen molar-refractivity contribution in [2.45, 2.75) is 19.5 Å². The summed E-state index contributed by atoms with van der Waals surface area (Å²) in [7, 11) is 1.98. The van der Waals surface area contributed by atoms with Crippen LogP contribution in [-0.2, 0) is 20.1 Å². The van der Waals surface area contributed by atoms with Crippen LogP contribution in [0.3, 0.4) is 0 Å². The minimum absolute atomic E-state index is 0.179. The van der Waals surface area contributed by atoms with Crippen LogP contribution < -0.4 is 0 Å². The number of aryl methyl sites for hydroxylation is 1. The molecule has 1 heterocycles. The zero-order chi connectivity index (χ0) is 15.2. The first-order valence-corrected chi connectivity index (χ1v) is 7.59. The van der Waals surface area contributed by atoms with Crippen LogP contribution >= 0.6 is 23.2 Å². The van der Waals surface area contributed by atoms with Crippen molar-refractivity contribution in [1.82, 2.24) is 14.5 Å². The van der Waals surface area contributed by atoms with E-state index < -0.39 is 0 Å². The Morgan fingerprint density at radius 2 is 2.05 bits per heavy atom. The lowest BCUT2D eigenvalue weighted by Gasteiger charge is -2.22. The lowest BCUT2D eigenvalue weighted by molar-refractivity contribution is 0.208. The van der Waals surface area contributed by atoms with Crippen molar-refractivity contribution in [3.05, 3.63) is 52.0 Å². The third-order valence-electron chi connectivity index (χ3n) is 3.31. The molecular formula is C15H19Cl2N3O. The molecule has 1 N–H and O–H groups in total. The Kier molecular flexibility index (Phi) is 6.06. The lowest BCUT2D eigenvalue weighted by Crippen LogP contribution is -2.26. The minimum atomic E-state index is 0.179. The second-order valence-electron chi connectivity index (χ2n) is 4.99. The highest BCUT2D eigenvalue weighted by Gasteiger charge is 2.10. The third-order valence-corrected chi connectivity index (χ3v) is 4.05. The van der Waals surface area contributed by atoms with E-state index in [0.29, 0.717) is 10.0 Å². The van der Waals surface area contributed by atoms with Crippen LogP contribution in [0.1, 0.15) is 17.8 Å². The van der Waals surface area contributed by atoms with E-state index in [4.69, 9.17) is 28.3 Å². The molecule has 0 fully saturated rings. The zero-order valence-corrected chi connectivity index (χ0v) is 13.5. The predicted octanol–water partition coefficient (Wildman–Crippen LogP) is 3.11. The van der Waals surface area contributed by atoms with Crippen LogP contribution in [0, 0.1) is 0 Å².